The van der Waals surface area contributed by atoms with Crippen molar-refractivity contribution >= 4 is 11.7 Å². The molecule has 0 saturated carbocycles. The number of amides is 1. The Morgan fingerprint density at radius 2 is 2.14 bits per heavy atom. The average Bonchev–Trinajstić information content (AvgIpc) is 2.54. The lowest BCUT2D eigenvalue weighted by molar-refractivity contribution is -0.121. The summed E-state index contributed by atoms with van der Waals surface area (Å²) in [5, 5.41) is 2.85. The zero-order chi connectivity index (χ0) is 14.9. The number of pyridine rings is 1. The molecule has 0 bridgehead atoms. The number of carbonyl (C=O) groups excluding carboxylic acids is 1. The fraction of sp³-hybridized carbons (Fsp3) is 0.600. The summed E-state index contributed by atoms with van der Waals surface area (Å²) in [5.74, 6) is 1.13. The molecule has 0 unspecified atom stereocenters. The summed E-state index contributed by atoms with van der Waals surface area (Å²) in [6.07, 6.45) is 2.37. The minimum atomic E-state index is 0.0965. The molecule has 1 aliphatic heterocycles. The molecule has 0 atom stereocenters. The minimum Gasteiger partial charge on any atom is -0.383 e. The number of aromatic nitrogens is 1. The second-order valence-electron chi connectivity index (χ2n) is 5.11. The Labute approximate surface area is 126 Å². The van der Waals surface area contributed by atoms with Crippen LogP contribution >= 0.6 is 0 Å². The number of piperazine rings is 1. The molecule has 1 aromatic rings. The van der Waals surface area contributed by atoms with Gasteiger partial charge in [-0.1, -0.05) is 6.07 Å². The largest absolute Gasteiger partial charge is 0.383 e. The number of rotatable bonds is 7. The zero-order valence-electron chi connectivity index (χ0n) is 12.6. The van der Waals surface area contributed by atoms with E-state index in [-0.39, 0.29) is 5.91 Å². The summed E-state index contributed by atoms with van der Waals surface area (Å²) in [4.78, 5) is 20.6. The van der Waals surface area contributed by atoms with Crippen LogP contribution in [0.15, 0.2) is 24.4 Å². The van der Waals surface area contributed by atoms with Crippen molar-refractivity contribution in [2.45, 2.75) is 6.42 Å². The van der Waals surface area contributed by atoms with Crippen molar-refractivity contribution < 1.29 is 9.53 Å². The molecule has 0 aliphatic carbocycles. The first kappa shape index (κ1) is 15.7. The third kappa shape index (κ3) is 5.32. The van der Waals surface area contributed by atoms with Crippen LogP contribution in [0.4, 0.5) is 5.82 Å². The molecule has 1 aromatic heterocycles. The molecule has 0 spiro atoms. The Kier molecular flexibility index (Phi) is 6.43. The monoisotopic (exact) mass is 292 g/mol. The molecule has 2 rings (SSSR count). The zero-order valence-corrected chi connectivity index (χ0v) is 12.6. The third-order valence-electron chi connectivity index (χ3n) is 3.63. The highest BCUT2D eigenvalue weighted by Gasteiger charge is 2.18. The maximum atomic E-state index is 11.6. The van der Waals surface area contributed by atoms with E-state index in [4.69, 9.17) is 4.74 Å². The van der Waals surface area contributed by atoms with E-state index in [0.29, 0.717) is 19.6 Å². The summed E-state index contributed by atoms with van der Waals surface area (Å²) in [6, 6.07) is 5.99. The van der Waals surface area contributed by atoms with Crippen LogP contribution in [0, 0.1) is 0 Å². The van der Waals surface area contributed by atoms with E-state index in [2.05, 4.69) is 20.1 Å². The number of hydrogen-bond donors (Lipinski definition) is 1. The highest BCUT2D eigenvalue weighted by Crippen LogP contribution is 2.12. The Morgan fingerprint density at radius 3 is 2.81 bits per heavy atom. The van der Waals surface area contributed by atoms with Gasteiger partial charge in [0.15, 0.2) is 0 Å². The highest BCUT2D eigenvalue weighted by molar-refractivity contribution is 5.76. The van der Waals surface area contributed by atoms with Gasteiger partial charge in [0.1, 0.15) is 5.82 Å². The van der Waals surface area contributed by atoms with Gasteiger partial charge in [-0.2, -0.15) is 0 Å². The molecule has 1 amide bonds. The lowest BCUT2D eigenvalue weighted by Gasteiger charge is -2.35. The van der Waals surface area contributed by atoms with Crippen LogP contribution in [-0.4, -0.2) is 68.8 Å². The van der Waals surface area contributed by atoms with E-state index in [1.165, 1.54) is 0 Å². The first-order valence-electron chi connectivity index (χ1n) is 7.43. The molecule has 21 heavy (non-hydrogen) atoms. The molecule has 1 N–H and O–H groups in total. The second-order valence-corrected chi connectivity index (χ2v) is 5.11. The Hall–Kier alpha value is -1.66. The molecule has 6 nitrogen and oxygen atoms in total. The molecule has 6 heteroatoms. The maximum absolute atomic E-state index is 11.6. The molecule has 0 radical (unpaired) electrons. The van der Waals surface area contributed by atoms with E-state index in [1.54, 1.807) is 7.11 Å². The SMILES string of the molecule is COCCNC(=O)CCN1CCN(c2ccccn2)CC1. The van der Waals surface area contributed by atoms with Gasteiger partial charge in [-0.15, -0.1) is 0 Å². The lowest BCUT2D eigenvalue weighted by atomic mass is 10.2. The smallest absolute Gasteiger partial charge is 0.221 e. The Balaban J connectivity index is 1.64. The summed E-state index contributed by atoms with van der Waals surface area (Å²) in [5.41, 5.74) is 0. The van der Waals surface area contributed by atoms with Crippen LogP contribution < -0.4 is 10.2 Å². The van der Waals surface area contributed by atoms with E-state index in [1.807, 2.05) is 24.4 Å². The summed E-state index contributed by atoms with van der Waals surface area (Å²) < 4.78 is 4.90. The summed E-state index contributed by atoms with van der Waals surface area (Å²) in [7, 11) is 1.63. The quantitative estimate of drug-likeness (QED) is 0.735. The van der Waals surface area contributed by atoms with Crippen molar-refractivity contribution in [3.05, 3.63) is 24.4 Å². The number of nitrogens with one attached hydrogen (secondary N) is 1. The van der Waals surface area contributed by atoms with E-state index < -0.39 is 0 Å². The summed E-state index contributed by atoms with van der Waals surface area (Å²) in [6.45, 7) is 5.83. The Morgan fingerprint density at radius 1 is 1.33 bits per heavy atom. The molecular weight excluding hydrogens is 268 g/mol. The molecule has 1 aliphatic rings. The van der Waals surface area contributed by atoms with Gasteiger partial charge in [-0.25, -0.2) is 4.98 Å². The number of carbonyl (C=O) groups is 1. The van der Waals surface area contributed by atoms with E-state index >= 15 is 0 Å². The van der Waals surface area contributed by atoms with Crippen molar-refractivity contribution in [2.24, 2.45) is 0 Å². The lowest BCUT2D eigenvalue weighted by Crippen LogP contribution is -2.47. The molecule has 1 saturated heterocycles. The predicted molar refractivity (Wildman–Crippen MR) is 82.4 cm³/mol. The fourth-order valence-corrected chi connectivity index (χ4v) is 2.38. The number of hydrogen-bond acceptors (Lipinski definition) is 5. The van der Waals surface area contributed by atoms with Crippen LogP contribution in [0.2, 0.25) is 0 Å². The standard InChI is InChI=1S/C15H24N4O2/c1-21-13-7-17-15(20)5-8-18-9-11-19(12-10-18)14-4-2-3-6-16-14/h2-4,6H,5,7-13H2,1H3,(H,17,20). The number of anilines is 1. The van der Waals surface area contributed by atoms with Gasteiger partial charge in [0, 0.05) is 59.0 Å². The van der Waals surface area contributed by atoms with Crippen molar-refractivity contribution in [2.75, 3.05) is 57.9 Å². The second kappa shape index (κ2) is 8.59. The van der Waals surface area contributed by atoms with Gasteiger partial charge < -0.3 is 15.0 Å². The number of ether oxygens (including phenoxy) is 1. The summed E-state index contributed by atoms with van der Waals surface area (Å²) >= 11 is 0. The molecule has 1 fully saturated rings. The molecule has 0 aromatic carbocycles. The topological polar surface area (TPSA) is 57.7 Å². The van der Waals surface area contributed by atoms with Gasteiger partial charge >= 0.3 is 0 Å². The van der Waals surface area contributed by atoms with Crippen LogP contribution in [0.5, 0.6) is 0 Å². The first-order chi connectivity index (χ1) is 10.3. The van der Waals surface area contributed by atoms with Crippen LogP contribution in [0.1, 0.15) is 6.42 Å². The average molecular weight is 292 g/mol. The van der Waals surface area contributed by atoms with Crippen molar-refractivity contribution in [1.29, 1.82) is 0 Å². The van der Waals surface area contributed by atoms with Crippen molar-refractivity contribution in [3.63, 3.8) is 0 Å². The van der Waals surface area contributed by atoms with Crippen molar-refractivity contribution in [3.8, 4) is 0 Å². The van der Waals surface area contributed by atoms with Gasteiger partial charge in [-0.3, -0.25) is 9.69 Å². The van der Waals surface area contributed by atoms with Crippen LogP contribution in [0.25, 0.3) is 0 Å². The van der Waals surface area contributed by atoms with Crippen molar-refractivity contribution in [1.82, 2.24) is 15.2 Å². The third-order valence-corrected chi connectivity index (χ3v) is 3.63. The molecule has 2 heterocycles. The molecule has 116 valence electrons. The Bertz CT molecular complexity index is 419. The van der Waals surface area contributed by atoms with Gasteiger partial charge in [-0.05, 0) is 12.1 Å². The predicted octanol–water partition coefficient (Wildman–Crippen LogP) is 0.356. The maximum Gasteiger partial charge on any atom is 0.221 e. The number of methoxy groups -OCH3 is 1. The van der Waals surface area contributed by atoms with Crippen LogP contribution in [0.3, 0.4) is 0 Å². The van der Waals surface area contributed by atoms with E-state index in [0.717, 1.165) is 38.5 Å². The normalized spacial score (nSPS) is 16.0. The minimum absolute atomic E-state index is 0.0965. The van der Waals surface area contributed by atoms with Gasteiger partial charge in [0.2, 0.25) is 5.91 Å². The van der Waals surface area contributed by atoms with E-state index in [9.17, 15) is 4.79 Å². The highest BCUT2D eigenvalue weighted by atomic mass is 16.5. The number of nitrogens with zero attached hydrogens (tertiary/aromatic N) is 3. The van der Waals surface area contributed by atoms with Gasteiger partial charge in [0.25, 0.3) is 0 Å². The molecular formula is C15H24N4O2. The van der Waals surface area contributed by atoms with Crippen LogP contribution in [-0.2, 0) is 9.53 Å². The van der Waals surface area contributed by atoms with Gasteiger partial charge in [0.05, 0.1) is 6.61 Å². The first-order valence-corrected chi connectivity index (χ1v) is 7.43. The fourth-order valence-electron chi connectivity index (χ4n) is 2.38.